The van der Waals surface area contributed by atoms with Gasteiger partial charge < -0.3 is 5.32 Å². The van der Waals surface area contributed by atoms with Crippen LogP contribution in [0.2, 0.25) is 0 Å². The molecule has 0 unspecified atom stereocenters. The van der Waals surface area contributed by atoms with Crippen LogP contribution in [0.3, 0.4) is 0 Å². The van der Waals surface area contributed by atoms with E-state index in [-0.39, 0.29) is 17.1 Å². The van der Waals surface area contributed by atoms with E-state index in [0.717, 1.165) is 31.2 Å². The molecule has 0 saturated heterocycles. The Morgan fingerprint density at radius 3 is 2.21 bits per heavy atom. The molecule has 0 radical (unpaired) electrons. The van der Waals surface area contributed by atoms with Crippen molar-refractivity contribution in [2.24, 2.45) is 0 Å². The average molecular weight is 347 g/mol. The SMILES string of the molecule is O=S(=O)(CCNC1(c2ccc(F)cc2)CCCC1)c1ccccc1. The maximum Gasteiger partial charge on any atom is 0.179 e. The van der Waals surface area contributed by atoms with Gasteiger partial charge >= 0.3 is 0 Å². The van der Waals surface area contributed by atoms with Crippen LogP contribution in [0, 0.1) is 5.82 Å². The molecule has 1 saturated carbocycles. The fraction of sp³-hybridized carbons (Fsp3) is 0.368. The molecule has 2 aromatic carbocycles. The average Bonchev–Trinajstić information content (AvgIpc) is 3.06. The maximum absolute atomic E-state index is 13.2. The van der Waals surface area contributed by atoms with Crippen LogP contribution >= 0.6 is 0 Å². The molecule has 3 nitrogen and oxygen atoms in total. The summed E-state index contributed by atoms with van der Waals surface area (Å²) < 4.78 is 38.0. The van der Waals surface area contributed by atoms with Crippen molar-refractivity contribution in [2.45, 2.75) is 36.1 Å². The van der Waals surface area contributed by atoms with Gasteiger partial charge in [0.2, 0.25) is 0 Å². The molecular weight excluding hydrogens is 325 g/mol. The summed E-state index contributed by atoms with van der Waals surface area (Å²) in [6.45, 7) is 0.384. The predicted molar refractivity (Wildman–Crippen MR) is 93.0 cm³/mol. The van der Waals surface area contributed by atoms with Crippen molar-refractivity contribution in [3.05, 3.63) is 66.0 Å². The number of benzene rings is 2. The third-order valence-electron chi connectivity index (χ3n) is 4.79. The van der Waals surface area contributed by atoms with E-state index >= 15 is 0 Å². The van der Waals surface area contributed by atoms with Gasteiger partial charge in [-0.3, -0.25) is 0 Å². The zero-order chi connectivity index (χ0) is 17.0. The Kier molecular flexibility index (Phi) is 5.01. The second kappa shape index (κ2) is 7.03. The van der Waals surface area contributed by atoms with E-state index in [9.17, 15) is 12.8 Å². The number of sulfone groups is 1. The summed E-state index contributed by atoms with van der Waals surface area (Å²) in [6.07, 6.45) is 4.08. The van der Waals surface area contributed by atoms with Gasteiger partial charge in [0.05, 0.1) is 10.6 Å². The van der Waals surface area contributed by atoms with E-state index in [2.05, 4.69) is 5.32 Å². The van der Waals surface area contributed by atoms with Crippen molar-refractivity contribution in [1.82, 2.24) is 5.32 Å². The summed E-state index contributed by atoms with van der Waals surface area (Å²) in [7, 11) is -3.29. The molecule has 24 heavy (non-hydrogen) atoms. The van der Waals surface area contributed by atoms with Crippen molar-refractivity contribution < 1.29 is 12.8 Å². The summed E-state index contributed by atoms with van der Waals surface area (Å²) in [6, 6.07) is 15.1. The molecule has 1 N–H and O–H groups in total. The number of rotatable bonds is 6. The molecule has 0 aromatic heterocycles. The van der Waals surface area contributed by atoms with Crippen LogP contribution in [-0.2, 0) is 15.4 Å². The Bertz CT molecular complexity index is 767. The predicted octanol–water partition coefficient (Wildman–Crippen LogP) is 3.66. The molecule has 0 aliphatic heterocycles. The highest BCUT2D eigenvalue weighted by Crippen LogP contribution is 2.38. The van der Waals surface area contributed by atoms with Gasteiger partial charge in [0.15, 0.2) is 9.84 Å². The Morgan fingerprint density at radius 1 is 0.958 bits per heavy atom. The fourth-order valence-electron chi connectivity index (χ4n) is 3.49. The van der Waals surface area contributed by atoms with Gasteiger partial charge in [-0.1, -0.05) is 43.2 Å². The first-order chi connectivity index (χ1) is 11.5. The Hall–Kier alpha value is -1.72. The molecule has 0 amide bonds. The number of halogens is 1. The smallest absolute Gasteiger partial charge is 0.179 e. The zero-order valence-electron chi connectivity index (χ0n) is 13.5. The minimum Gasteiger partial charge on any atom is -0.306 e. The lowest BCUT2D eigenvalue weighted by Gasteiger charge is -2.31. The monoisotopic (exact) mass is 347 g/mol. The van der Waals surface area contributed by atoms with Crippen LogP contribution < -0.4 is 5.32 Å². The van der Waals surface area contributed by atoms with Gasteiger partial charge in [-0.2, -0.15) is 0 Å². The fourth-order valence-corrected chi connectivity index (χ4v) is 4.66. The van der Waals surface area contributed by atoms with E-state index < -0.39 is 9.84 Å². The van der Waals surface area contributed by atoms with Gasteiger partial charge in [-0.15, -0.1) is 0 Å². The Balaban J connectivity index is 1.70. The molecule has 0 heterocycles. The first-order valence-electron chi connectivity index (χ1n) is 8.31. The second-order valence-electron chi connectivity index (χ2n) is 6.35. The highest BCUT2D eigenvalue weighted by molar-refractivity contribution is 7.91. The summed E-state index contributed by atoms with van der Waals surface area (Å²) >= 11 is 0. The summed E-state index contributed by atoms with van der Waals surface area (Å²) in [5, 5.41) is 3.46. The molecule has 5 heteroatoms. The Morgan fingerprint density at radius 2 is 1.58 bits per heavy atom. The molecule has 2 aromatic rings. The number of hydrogen-bond acceptors (Lipinski definition) is 3. The van der Waals surface area contributed by atoms with Gasteiger partial charge in [0, 0.05) is 12.1 Å². The first-order valence-corrected chi connectivity index (χ1v) is 9.96. The Labute approximate surface area is 142 Å². The minimum atomic E-state index is -3.29. The van der Waals surface area contributed by atoms with Crippen LogP contribution in [0.15, 0.2) is 59.5 Å². The molecule has 1 aliphatic rings. The van der Waals surface area contributed by atoms with Crippen molar-refractivity contribution >= 4 is 9.84 Å². The highest BCUT2D eigenvalue weighted by Gasteiger charge is 2.35. The molecule has 0 spiro atoms. The first kappa shape index (κ1) is 17.1. The van der Waals surface area contributed by atoms with E-state index in [0.29, 0.717) is 11.4 Å². The topological polar surface area (TPSA) is 46.2 Å². The molecule has 0 bridgehead atoms. The van der Waals surface area contributed by atoms with Gasteiger partial charge in [-0.05, 0) is 42.7 Å². The maximum atomic E-state index is 13.2. The molecule has 0 atom stereocenters. The van der Waals surface area contributed by atoms with E-state index in [1.165, 1.54) is 12.1 Å². The van der Waals surface area contributed by atoms with Crippen LogP contribution in [0.4, 0.5) is 4.39 Å². The summed E-state index contributed by atoms with van der Waals surface area (Å²) in [4.78, 5) is 0.356. The lowest BCUT2D eigenvalue weighted by Crippen LogP contribution is -2.42. The normalized spacial score (nSPS) is 17.0. The minimum absolute atomic E-state index is 0.0555. The van der Waals surface area contributed by atoms with Crippen molar-refractivity contribution in [1.29, 1.82) is 0 Å². The second-order valence-corrected chi connectivity index (χ2v) is 8.46. The van der Waals surface area contributed by atoms with Gasteiger partial charge in [-0.25, -0.2) is 12.8 Å². The molecule has 3 rings (SSSR count). The van der Waals surface area contributed by atoms with E-state index in [1.54, 1.807) is 42.5 Å². The van der Waals surface area contributed by atoms with E-state index in [4.69, 9.17) is 0 Å². The molecule has 128 valence electrons. The third kappa shape index (κ3) is 3.68. The quantitative estimate of drug-likeness (QED) is 0.867. The van der Waals surface area contributed by atoms with Crippen molar-refractivity contribution in [2.75, 3.05) is 12.3 Å². The van der Waals surface area contributed by atoms with Crippen LogP contribution in [0.25, 0.3) is 0 Å². The zero-order valence-corrected chi connectivity index (χ0v) is 14.4. The summed E-state index contributed by atoms with van der Waals surface area (Å²) in [5.74, 6) is -0.196. The van der Waals surface area contributed by atoms with Gasteiger partial charge in [0.1, 0.15) is 5.82 Å². The lowest BCUT2D eigenvalue weighted by molar-refractivity contribution is 0.350. The number of nitrogens with one attached hydrogen (secondary N) is 1. The van der Waals surface area contributed by atoms with E-state index in [1.807, 2.05) is 0 Å². The highest BCUT2D eigenvalue weighted by atomic mass is 32.2. The molecular formula is C19H22FNO2S. The molecule has 1 aliphatic carbocycles. The lowest BCUT2D eigenvalue weighted by atomic mass is 9.88. The van der Waals surface area contributed by atoms with Crippen LogP contribution in [0.1, 0.15) is 31.2 Å². The summed E-state index contributed by atoms with van der Waals surface area (Å²) in [5.41, 5.74) is 0.804. The van der Waals surface area contributed by atoms with Crippen LogP contribution in [0.5, 0.6) is 0 Å². The van der Waals surface area contributed by atoms with Crippen molar-refractivity contribution in [3.63, 3.8) is 0 Å². The molecule has 1 fully saturated rings. The van der Waals surface area contributed by atoms with Crippen molar-refractivity contribution in [3.8, 4) is 0 Å². The third-order valence-corrected chi connectivity index (χ3v) is 6.52. The van der Waals surface area contributed by atoms with Gasteiger partial charge in [0.25, 0.3) is 0 Å². The van der Waals surface area contributed by atoms with Crippen LogP contribution in [-0.4, -0.2) is 20.7 Å². The largest absolute Gasteiger partial charge is 0.306 e. The standard InChI is InChI=1S/C19H22FNO2S/c20-17-10-8-16(9-11-17)19(12-4-5-13-19)21-14-15-24(22,23)18-6-2-1-3-7-18/h1-3,6-11,21H,4-5,12-15H2. The number of hydrogen-bond donors (Lipinski definition) is 1.